The van der Waals surface area contributed by atoms with Crippen LogP contribution in [0.2, 0.25) is 0 Å². The van der Waals surface area contributed by atoms with E-state index in [4.69, 9.17) is 4.74 Å². The SMILES string of the molecule is O=C(c1ccccc1)c1cc2cc(OCc3ccccc3)ccc2n1S(=O)(=O)c1ccccc1. The Labute approximate surface area is 197 Å². The summed E-state index contributed by atoms with van der Waals surface area (Å²) in [6.07, 6.45) is 0. The topological polar surface area (TPSA) is 65.4 Å². The van der Waals surface area contributed by atoms with E-state index in [1.807, 2.05) is 36.4 Å². The molecular weight excluding hydrogens is 446 g/mol. The van der Waals surface area contributed by atoms with Gasteiger partial charge in [0.25, 0.3) is 10.0 Å². The number of benzene rings is 4. The highest BCUT2D eigenvalue weighted by Crippen LogP contribution is 2.30. The summed E-state index contributed by atoms with van der Waals surface area (Å²) in [7, 11) is -4.02. The zero-order valence-corrected chi connectivity index (χ0v) is 19.0. The van der Waals surface area contributed by atoms with E-state index < -0.39 is 10.0 Å². The third kappa shape index (κ3) is 4.11. The molecule has 0 radical (unpaired) electrons. The van der Waals surface area contributed by atoms with Crippen LogP contribution in [0.25, 0.3) is 10.9 Å². The van der Waals surface area contributed by atoms with Crippen molar-refractivity contribution < 1.29 is 17.9 Å². The van der Waals surface area contributed by atoms with Crippen molar-refractivity contribution in [1.29, 1.82) is 0 Å². The summed E-state index contributed by atoms with van der Waals surface area (Å²) >= 11 is 0. The first-order chi connectivity index (χ1) is 16.5. The minimum Gasteiger partial charge on any atom is -0.489 e. The van der Waals surface area contributed by atoms with Crippen LogP contribution in [-0.4, -0.2) is 18.2 Å². The van der Waals surface area contributed by atoms with Gasteiger partial charge < -0.3 is 4.74 Å². The van der Waals surface area contributed by atoms with Crippen LogP contribution in [0, 0.1) is 0 Å². The fraction of sp³-hybridized carbons (Fsp3) is 0.0357. The van der Waals surface area contributed by atoms with Gasteiger partial charge in [-0.1, -0.05) is 78.9 Å². The van der Waals surface area contributed by atoms with Gasteiger partial charge in [0.15, 0.2) is 0 Å². The van der Waals surface area contributed by atoms with Crippen molar-refractivity contribution in [3.05, 3.63) is 132 Å². The van der Waals surface area contributed by atoms with E-state index >= 15 is 0 Å². The van der Waals surface area contributed by atoms with Crippen molar-refractivity contribution in [3.63, 3.8) is 0 Å². The van der Waals surface area contributed by atoms with Crippen LogP contribution in [-0.2, 0) is 16.6 Å². The summed E-state index contributed by atoms with van der Waals surface area (Å²) in [6.45, 7) is 0.380. The molecule has 168 valence electrons. The van der Waals surface area contributed by atoms with Crippen molar-refractivity contribution in [3.8, 4) is 5.75 Å². The molecule has 6 heteroatoms. The predicted molar refractivity (Wildman–Crippen MR) is 132 cm³/mol. The van der Waals surface area contributed by atoms with E-state index in [1.54, 1.807) is 66.7 Å². The molecular formula is C28H21NO4S. The lowest BCUT2D eigenvalue weighted by Crippen LogP contribution is -2.19. The molecule has 34 heavy (non-hydrogen) atoms. The number of rotatable bonds is 7. The summed E-state index contributed by atoms with van der Waals surface area (Å²) in [5.74, 6) is 0.215. The molecule has 0 bridgehead atoms. The van der Waals surface area contributed by atoms with Gasteiger partial charge >= 0.3 is 0 Å². The van der Waals surface area contributed by atoms with E-state index in [-0.39, 0.29) is 16.4 Å². The van der Waals surface area contributed by atoms with Crippen molar-refractivity contribution in [2.75, 3.05) is 0 Å². The van der Waals surface area contributed by atoms with Crippen LogP contribution < -0.4 is 4.74 Å². The smallest absolute Gasteiger partial charge is 0.268 e. The third-order valence-corrected chi connectivity index (χ3v) is 7.27. The molecule has 0 N–H and O–H groups in total. The zero-order valence-electron chi connectivity index (χ0n) is 18.2. The first kappa shape index (κ1) is 21.7. The minimum atomic E-state index is -4.02. The molecule has 0 aliphatic carbocycles. The standard InChI is InChI=1S/C28H21NO4S/c30-28(22-12-6-2-7-13-22)27-19-23-18-24(33-20-21-10-4-1-5-11-21)16-17-26(23)29(27)34(31,32)25-14-8-3-9-15-25/h1-19H,20H2. The molecule has 5 nitrogen and oxygen atoms in total. The maximum Gasteiger partial charge on any atom is 0.268 e. The minimum absolute atomic E-state index is 0.0743. The van der Waals surface area contributed by atoms with Gasteiger partial charge in [0.05, 0.1) is 10.4 Å². The van der Waals surface area contributed by atoms with Gasteiger partial charge in [0, 0.05) is 10.9 Å². The van der Waals surface area contributed by atoms with E-state index in [9.17, 15) is 13.2 Å². The van der Waals surface area contributed by atoms with Gasteiger partial charge in [-0.05, 0) is 42.0 Å². The number of nitrogens with zero attached hydrogens (tertiary/aromatic N) is 1. The lowest BCUT2D eigenvalue weighted by molar-refractivity contribution is 0.103. The monoisotopic (exact) mass is 467 g/mol. The molecule has 0 saturated heterocycles. The number of carbonyl (C=O) groups is 1. The Morgan fingerprint density at radius 2 is 1.35 bits per heavy atom. The summed E-state index contributed by atoms with van der Waals surface area (Å²) < 4.78 is 34.3. The molecule has 0 saturated carbocycles. The number of hydrogen-bond acceptors (Lipinski definition) is 4. The highest BCUT2D eigenvalue weighted by Gasteiger charge is 2.27. The van der Waals surface area contributed by atoms with Gasteiger partial charge in [-0.25, -0.2) is 12.4 Å². The number of ether oxygens (including phenoxy) is 1. The largest absolute Gasteiger partial charge is 0.489 e. The average molecular weight is 468 g/mol. The molecule has 5 aromatic rings. The van der Waals surface area contributed by atoms with Gasteiger partial charge in [-0.3, -0.25) is 4.79 Å². The molecule has 0 aliphatic rings. The van der Waals surface area contributed by atoms with Crippen LogP contribution in [0.5, 0.6) is 5.75 Å². The van der Waals surface area contributed by atoms with Gasteiger partial charge in [-0.2, -0.15) is 0 Å². The first-order valence-electron chi connectivity index (χ1n) is 10.8. The Hall–Kier alpha value is -4.16. The predicted octanol–water partition coefficient (Wildman–Crippen LogP) is 5.69. The van der Waals surface area contributed by atoms with Gasteiger partial charge in [0.1, 0.15) is 18.1 Å². The van der Waals surface area contributed by atoms with Crippen molar-refractivity contribution in [1.82, 2.24) is 3.97 Å². The number of ketones is 1. The lowest BCUT2D eigenvalue weighted by atomic mass is 10.1. The van der Waals surface area contributed by atoms with Crippen LogP contribution in [0.15, 0.2) is 120 Å². The van der Waals surface area contributed by atoms with Crippen LogP contribution >= 0.6 is 0 Å². The molecule has 5 rings (SSSR count). The van der Waals surface area contributed by atoms with E-state index in [0.29, 0.717) is 28.8 Å². The maximum absolute atomic E-state index is 13.6. The Morgan fingerprint density at radius 3 is 2.03 bits per heavy atom. The Bertz CT molecular complexity index is 1560. The Balaban J connectivity index is 1.62. The fourth-order valence-corrected chi connectivity index (χ4v) is 5.38. The number of fused-ring (bicyclic) bond motifs is 1. The van der Waals surface area contributed by atoms with Crippen molar-refractivity contribution in [2.24, 2.45) is 0 Å². The average Bonchev–Trinajstić information content (AvgIpc) is 3.28. The number of aromatic nitrogens is 1. The molecule has 1 aromatic heterocycles. The van der Waals surface area contributed by atoms with Crippen molar-refractivity contribution in [2.45, 2.75) is 11.5 Å². The Morgan fingerprint density at radius 1 is 0.735 bits per heavy atom. The quantitative estimate of drug-likeness (QED) is 0.289. The summed E-state index contributed by atoms with van der Waals surface area (Å²) in [6, 6.07) is 33.3. The van der Waals surface area contributed by atoms with E-state index in [0.717, 1.165) is 9.54 Å². The molecule has 1 heterocycles. The fourth-order valence-electron chi connectivity index (χ4n) is 3.85. The van der Waals surface area contributed by atoms with E-state index in [1.165, 1.54) is 12.1 Å². The Kier molecular flexibility index (Phi) is 5.74. The normalized spacial score (nSPS) is 11.4. The molecule has 0 unspecified atom stereocenters. The summed E-state index contributed by atoms with van der Waals surface area (Å²) in [5.41, 5.74) is 1.92. The van der Waals surface area contributed by atoms with E-state index in [2.05, 4.69) is 0 Å². The molecule has 0 fully saturated rings. The highest BCUT2D eigenvalue weighted by molar-refractivity contribution is 7.90. The van der Waals surface area contributed by atoms with Crippen LogP contribution in [0.3, 0.4) is 0 Å². The molecule has 4 aromatic carbocycles. The lowest BCUT2D eigenvalue weighted by Gasteiger charge is -2.12. The summed E-state index contributed by atoms with van der Waals surface area (Å²) in [4.78, 5) is 13.5. The molecule has 0 atom stereocenters. The number of hydrogen-bond donors (Lipinski definition) is 0. The zero-order chi connectivity index (χ0) is 23.5. The second-order valence-corrected chi connectivity index (χ2v) is 9.59. The van der Waals surface area contributed by atoms with Crippen LogP contribution in [0.4, 0.5) is 0 Å². The molecule has 0 amide bonds. The van der Waals surface area contributed by atoms with Gasteiger partial charge in [0.2, 0.25) is 5.78 Å². The maximum atomic E-state index is 13.6. The molecule has 0 spiro atoms. The third-order valence-electron chi connectivity index (χ3n) is 5.53. The first-order valence-corrected chi connectivity index (χ1v) is 12.2. The summed E-state index contributed by atoms with van der Waals surface area (Å²) in [5, 5.41) is 0.601. The van der Waals surface area contributed by atoms with Gasteiger partial charge in [-0.15, -0.1) is 0 Å². The molecule has 0 aliphatic heterocycles. The van der Waals surface area contributed by atoms with Crippen molar-refractivity contribution >= 4 is 26.7 Å². The number of carbonyl (C=O) groups excluding carboxylic acids is 1. The second-order valence-electron chi connectivity index (χ2n) is 7.80. The second kappa shape index (κ2) is 9.00. The highest BCUT2D eigenvalue weighted by atomic mass is 32.2. The van der Waals surface area contributed by atoms with Crippen LogP contribution in [0.1, 0.15) is 21.6 Å².